The first-order valence-corrected chi connectivity index (χ1v) is 9.30. The topological polar surface area (TPSA) is 55.8 Å². The van der Waals surface area contributed by atoms with Gasteiger partial charge in [-0.15, -0.1) is 11.3 Å². The molecule has 4 rings (SSSR count). The number of esters is 1. The number of hydrogen-bond donors (Lipinski definition) is 0. The number of thiophene rings is 1. The molecule has 0 aliphatic carbocycles. The molecule has 1 atom stereocenters. The monoisotopic (exact) mass is 357 g/mol. The first kappa shape index (κ1) is 16.1. The van der Waals surface area contributed by atoms with E-state index >= 15 is 0 Å². The lowest BCUT2D eigenvalue weighted by Gasteiger charge is -2.20. The number of rotatable bonds is 3. The molecular weight excluding hydrogens is 338 g/mol. The van der Waals surface area contributed by atoms with Gasteiger partial charge in [0.2, 0.25) is 0 Å². The van der Waals surface area contributed by atoms with Crippen LogP contribution in [0.1, 0.15) is 35.0 Å². The van der Waals surface area contributed by atoms with Crippen LogP contribution >= 0.6 is 11.3 Å². The van der Waals surface area contributed by atoms with Crippen molar-refractivity contribution in [1.82, 2.24) is 4.90 Å². The SMILES string of the molecule is C[C@H](OC(=O)c1cc2c(s1)-c1ccccc1OC2)C(=O)N1CCCC1. The molecule has 0 radical (unpaired) electrons. The molecule has 0 unspecified atom stereocenters. The number of hydrogen-bond acceptors (Lipinski definition) is 5. The van der Waals surface area contributed by atoms with Crippen molar-refractivity contribution in [2.24, 2.45) is 0 Å². The summed E-state index contributed by atoms with van der Waals surface area (Å²) in [6.45, 7) is 3.59. The lowest BCUT2D eigenvalue weighted by atomic mass is 10.1. The summed E-state index contributed by atoms with van der Waals surface area (Å²) in [5, 5.41) is 0. The quantitative estimate of drug-likeness (QED) is 0.789. The third kappa shape index (κ3) is 3.02. The number of amides is 1. The normalized spacial score (nSPS) is 16.6. The molecule has 0 spiro atoms. The zero-order valence-electron chi connectivity index (χ0n) is 14.0. The van der Waals surface area contributed by atoms with Crippen LogP contribution in [0.2, 0.25) is 0 Å². The minimum Gasteiger partial charge on any atom is -0.488 e. The minimum absolute atomic E-state index is 0.110. The highest BCUT2D eigenvalue weighted by atomic mass is 32.1. The van der Waals surface area contributed by atoms with Gasteiger partial charge in [0.05, 0.1) is 0 Å². The molecule has 6 heteroatoms. The van der Waals surface area contributed by atoms with E-state index in [0.717, 1.165) is 47.7 Å². The number of benzene rings is 1. The predicted molar refractivity (Wildman–Crippen MR) is 94.8 cm³/mol. The van der Waals surface area contributed by atoms with Crippen molar-refractivity contribution in [1.29, 1.82) is 0 Å². The van der Waals surface area contributed by atoms with Gasteiger partial charge in [0.25, 0.3) is 5.91 Å². The van der Waals surface area contributed by atoms with Gasteiger partial charge in [-0.2, -0.15) is 0 Å². The molecule has 5 nitrogen and oxygen atoms in total. The predicted octanol–water partition coefficient (Wildman–Crippen LogP) is 3.48. The third-order valence-electron chi connectivity index (χ3n) is 4.57. The molecule has 25 heavy (non-hydrogen) atoms. The van der Waals surface area contributed by atoms with Crippen LogP contribution in [0.3, 0.4) is 0 Å². The Morgan fingerprint density at radius 1 is 1.24 bits per heavy atom. The highest BCUT2D eigenvalue weighted by Crippen LogP contribution is 2.42. The summed E-state index contributed by atoms with van der Waals surface area (Å²) in [5.74, 6) is 0.270. The Labute approximate surface area is 150 Å². The number of carbonyl (C=O) groups is 2. The Bertz CT molecular complexity index is 823. The first-order chi connectivity index (χ1) is 12.1. The summed E-state index contributed by atoms with van der Waals surface area (Å²) in [7, 11) is 0. The zero-order valence-corrected chi connectivity index (χ0v) is 14.8. The van der Waals surface area contributed by atoms with E-state index < -0.39 is 12.1 Å². The van der Waals surface area contributed by atoms with Crippen molar-refractivity contribution in [2.45, 2.75) is 32.5 Å². The number of fused-ring (bicyclic) bond motifs is 3. The van der Waals surface area contributed by atoms with E-state index in [1.165, 1.54) is 11.3 Å². The maximum absolute atomic E-state index is 12.5. The van der Waals surface area contributed by atoms with Crippen LogP contribution in [-0.4, -0.2) is 36.0 Å². The molecular formula is C19H19NO4S. The highest BCUT2D eigenvalue weighted by Gasteiger charge is 2.28. The molecule has 2 aliphatic rings. The van der Waals surface area contributed by atoms with Crippen molar-refractivity contribution < 1.29 is 19.1 Å². The second-order valence-electron chi connectivity index (χ2n) is 6.33. The standard InChI is InChI=1S/C19H19NO4S/c1-12(18(21)20-8-4-5-9-20)24-19(22)16-10-13-11-23-15-7-3-2-6-14(15)17(13)25-16/h2-3,6-7,10,12H,4-5,8-9,11H2,1H3/t12-/m0/s1. The molecule has 1 aromatic carbocycles. The lowest BCUT2D eigenvalue weighted by Crippen LogP contribution is -2.38. The van der Waals surface area contributed by atoms with Crippen molar-refractivity contribution in [3.63, 3.8) is 0 Å². The maximum atomic E-state index is 12.5. The van der Waals surface area contributed by atoms with Gasteiger partial charge in [0, 0.05) is 29.1 Å². The molecule has 2 aliphatic heterocycles. The average molecular weight is 357 g/mol. The van der Waals surface area contributed by atoms with E-state index in [1.54, 1.807) is 11.8 Å². The third-order valence-corrected chi connectivity index (χ3v) is 5.77. The average Bonchev–Trinajstić information content (AvgIpc) is 3.30. The van der Waals surface area contributed by atoms with Crippen LogP contribution < -0.4 is 4.74 Å². The molecule has 1 amide bonds. The van der Waals surface area contributed by atoms with Crippen LogP contribution in [0.25, 0.3) is 10.4 Å². The van der Waals surface area contributed by atoms with E-state index in [4.69, 9.17) is 9.47 Å². The second-order valence-corrected chi connectivity index (χ2v) is 7.38. The van der Waals surface area contributed by atoms with E-state index in [9.17, 15) is 9.59 Å². The molecule has 1 saturated heterocycles. The van der Waals surface area contributed by atoms with Gasteiger partial charge < -0.3 is 14.4 Å². The Balaban J connectivity index is 1.50. The Kier molecular flexibility index (Phi) is 4.21. The van der Waals surface area contributed by atoms with Gasteiger partial charge in [-0.3, -0.25) is 4.79 Å². The number of para-hydroxylation sites is 1. The van der Waals surface area contributed by atoms with Crippen LogP contribution in [0, 0.1) is 0 Å². The van der Waals surface area contributed by atoms with Gasteiger partial charge >= 0.3 is 5.97 Å². The number of ether oxygens (including phenoxy) is 2. The largest absolute Gasteiger partial charge is 0.488 e. The van der Waals surface area contributed by atoms with Gasteiger partial charge in [0.1, 0.15) is 17.2 Å². The first-order valence-electron chi connectivity index (χ1n) is 8.48. The Morgan fingerprint density at radius 2 is 2.00 bits per heavy atom. The summed E-state index contributed by atoms with van der Waals surface area (Å²) in [4.78, 5) is 28.1. The maximum Gasteiger partial charge on any atom is 0.349 e. The number of likely N-dealkylation sites (tertiary alicyclic amines) is 1. The van der Waals surface area contributed by atoms with E-state index in [-0.39, 0.29) is 5.91 Å². The fraction of sp³-hybridized carbons (Fsp3) is 0.368. The lowest BCUT2D eigenvalue weighted by molar-refractivity contribution is -0.138. The number of carbonyl (C=O) groups excluding carboxylic acids is 2. The van der Waals surface area contributed by atoms with Gasteiger partial charge in [-0.25, -0.2) is 4.79 Å². The van der Waals surface area contributed by atoms with E-state index in [2.05, 4.69) is 0 Å². The molecule has 1 fully saturated rings. The van der Waals surface area contributed by atoms with Crippen LogP contribution in [0.5, 0.6) is 5.75 Å². The summed E-state index contributed by atoms with van der Waals surface area (Å²) in [5.41, 5.74) is 1.98. The van der Waals surface area contributed by atoms with E-state index in [0.29, 0.717) is 11.5 Å². The van der Waals surface area contributed by atoms with Crippen LogP contribution in [-0.2, 0) is 16.1 Å². The molecule has 1 aromatic heterocycles. The molecule has 3 heterocycles. The Morgan fingerprint density at radius 3 is 2.80 bits per heavy atom. The highest BCUT2D eigenvalue weighted by molar-refractivity contribution is 7.17. The second kappa shape index (κ2) is 6.52. The summed E-state index contributed by atoms with van der Waals surface area (Å²) in [6, 6.07) is 9.60. The molecule has 0 bridgehead atoms. The fourth-order valence-corrected chi connectivity index (χ4v) is 4.34. The summed E-state index contributed by atoms with van der Waals surface area (Å²) >= 11 is 1.39. The van der Waals surface area contributed by atoms with Gasteiger partial charge in [-0.1, -0.05) is 12.1 Å². The van der Waals surface area contributed by atoms with Crippen molar-refractivity contribution in [3.05, 3.63) is 40.8 Å². The fourth-order valence-electron chi connectivity index (χ4n) is 3.26. The van der Waals surface area contributed by atoms with Crippen molar-refractivity contribution >= 4 is 23.2 Å². The van der Waals surface area contributed by atoms with Crippen molar-refractivity contribution in [2.75, 3.05) is 13.1 Å². The van der Waals surface area contributed by atoms with Gasteiger partial charge in [0.15, 0.2) is 6.10 Å². The Hall–Kier alpha value is -2.34. The van der Waals surface area contributed by atoms with E-state index in [1.807, 2.05) is 30.3 Å². The summed E-state index contributed by atoms with van der Waals surface area (Å²) in [6.07, 6.45) is 1.28. The zero-order chi connectivity index (χ0) is 17.4. The van der Waals surface area contributed by atoms with Gasteiger partial charge in [-0.05, 0) is 38.0 Å². The molecule has 0 saturated carbocycles. The molecule has 0 N–H and O–H groups in total. The minimum atomic E-state index is -0.756. The molecule has 2 aromatic rings. The number of nitrogens with zero attached hydrogens (tertiary/aromatic N) is 1. The summed E-state index contributed by atoms with van der Waals surface area (Å²) < 4.78 is 11.1. The van der Waals surface area contributed by atoms with Crippen LogP contribution in [0.15, 0.2) is 30.3 Å². The van der Waals surface area contributed by atoms with Crippen molar-refractivity contribution in [3.8, 4) is 16.2 Å². The smallest absolute Gasteiger partial charge is 0.349 e. The molecule has 130 valence electrons. The van der Waals surface area contributed by atoms with Crippen LogP contribution in [0.4, 0.5) is 0 Å².